The lowest BCUT2D eigenvalue weighted by molar-refractivity contribution is -0.139. The van der Waals surface area contributed by atoms with Crippen LogP contribution in [0.3, 0.4) is 0 Å². The molecule has 136 valence electrons. The predicted octanol–water partition coefficient (Wildman–Crippen LogP) is 4.79. The number of rotatable bonds is 4. The maximum Gasteiger partial charge on any atom is 0.303 e. The van der Waals surface area contributed by atoms with Crippen LogP contribution in [0.25, 0.3) is 0 Å². The molecule has 0 heterocycles. The molecule has 0 fully saturated rings. The molecule has 0 aromatic rings. The molecular weight excluding hydrogens is 280 g/mol. The Balaban J connectivity index is -0.000000150. The van der Waals surface area contributed by atoms with E-state index in [2.05, 4.69) is 48.5 Å². The topological polar surface area (TPSA) is 74.6 Å². The Bertz CT molecular complexity index is 251. The molecule has 0 saturated heterocycles. The predicted molar refractivity (Wildman–Crippen MR) is 95.1 cm³/mol. The highest BCUT2D eigenvalue weighted by molar-refractivity contribution is 5.67. The number of carbonyl (C=O) groups is 2. The summed E-state index contributed by atoms with van der Waals surface area (Å²) < 4.78 is 0. The van der Waals surface area contributed by atoms with Gasteiger partial charge in [-0.3, -0.25) is 4.79 Å². The van der Waals surface area contributed by atoms with Crippen molar-refractivity contribution in [2.75, 3.05) is 7.11 Å². The van der Waals surface area contributed by atoms with Gasteiger partial charge in [0.1, 0.15) is 6.79 Å². The number of hydrogen-bond acceptors (Lipinski definition) is 3. The van der Waals surface area contributed by atoms with E-state index in [9.17, 15) is 4.79 Å². The summed E-state index contributed by atoms with van der Waals surface area (Å²) in [6.45, 7) is 21.3. The molecular formula is C18H40O4. The van der Waals surface area contributed by atoms with E-state index in [1.165, 1.54) is 0 Å². The van der Waals surface area contributed by atoms with Crippen molar-refractivity contribution < 1.29 is 19.8 Å². The van der Waals surface area contributed by atoms with E-state index in [-0.39, 0.29) is 11.8 Å². The summed E-state index contributed by atoms with van der Waals surface area (Å²) in [4.78, 5) is 18.5. The van der Waals surface area contributed by atoms with Gasteiger partial charge in [-0.2, -0.15) is 0 Å². The second kappa shape index (κ2) is 13.7. The molecule has 0 aliphatic carbocycles. The molecule has 2 N–H and O–H groups in total. The van der Waals surface area contributed by atoms with E-state index in [0.717, 1.165) is 20.0 Å². The molecule has 22 heavy (non-hydrogen) atoms. The summed E-state index contributed by atoms with van der Waals surface area (Å²) in [5, 5.41) is 15.7. The van der Waals surface area contributed by atoms with Crippen LogP contribution in [-0.2, 0) is 9.59 Å². The normalized spacial score (nSPS) is 10.9. The van der Waals surface area contributed by atoms with Gasteiger partial charge in [-0.15, -0.1) is 0 Å². The van der Waals surface area contributed by atoms with Crippen molar-refractivity contribution in [3.63, 3.8) is 0 Å². The molecule has 0 amide bonds. The van der Waals surface area contributed by atoms with Crippen LogP contribution in [-0.4, -0.2) is 30.1 Å². The van der Waals surface area contributed by atoms with Gasteiger partial charge in [0.2, 0.25) is 0 Å². The third-order valence-corrected chi connectivity index (χ3v) is 2.18. The van der Waals surface area contributed by atoms with E-state index in [1.54, 1.807) is 0 Å². The molecule has 4 heteroatoms. The molecule has 0 unspecified atom stereocenters. The average molecular weight is 321 g/mol. The van der Waals surface area contributed by atoms with Crippen LogP contribution < -0.4 is 0 Å². The average Bonchev–Trinajstić information content (AvgIpc) is 2.27. The monoisotopic (exact) mass is 320 g/mol. The minimum Gasteiger partial charge on any atom is -0.481 e. The van der Waals surface area contributed by atoms with Crippen molar-refractivity contribution in [2.45, 2.75) is 81.6 Å². The van der Waals surface area contributed by atoms with Crippen LogP contribution >= 0.6 is 0 Å². The van der Waals surface area contributed by atoms with Gasteiger partial charge in [0.15, 0.2) is 0 Å². The van der Waals surface area contributed by atoms with Gasteiger partial charge in [-0.1, -0.05) is 62.3 Å². The third kappa shape index (κ3) is 50.8. The van der Waals surface area contributed by atoms with Crippen molar-refractivity contribution in [1.82, 2.24) is 0 Å². The molecule has 0 rings (SSSR count). The van der Waals surface area contributed by atoms with Crippen LogP contribution in [0.5, 0.6) is 0 Å². The summed E-state index contributed by atoms with van der Waals surface area (Å²) in [5.41, 5.74) is 0.731. The molecule has 0 aliphatic heterocycles. The molecule has 0 bridgehead atoms. The number of aliphatic hydroxyl groups excluding tert-OH is 1. The minimum absolute atomic E-state index is 0.0703. The fourth-order valence-electron chi connectivity index (χ4n) is 1.21. The molecule has 0 aromatic carbocycles. The summed E-state index contributed by atoms with van der Waals surface area (Å²) in [6, 6.07) is 0. The van der Waals surface area contributed by atoms with Crippen molar-refractivity contribution in [1.29, 1.82) is 0 Å². The number of aliphatic hydroxyl groups is 1. The minimum atomic E-state index is -0.695. The highest BCUT2D eigenvalue weighted by Gasteiger charge is 2.24. The van der Waals surface area contributed by atoms with Crippen molar-refractivity contribution in [3.05, 3.63) is 0 Å². The first-order chi connectivity index (χ1) is 9.62. The highest BCUT2D eigenvalue weighted by atomic mass is 16.4. The quantitative estimate of drug-likeness (QED) is 0.781. The van der Waals surface area contributed by atoms with Gasteiger partial charge >= 0.3 is 5.97 Å². The molecule has 0 atom stereocenters. The van der Waals surface area contributed by atoms with Crippen molar-refractivity contribution >= 4 is 12.8 Å². The summed E-state index contributed by atoms with van der Waals surface area (Å²) >= 11 is 0. The third-order valence-electron chi connectivity index (χ3n) is 2.18. The van der Waals surface area contributed by atoms with Gasteiger partial charge < -0.3 is 15.0 Å². The van der Waals surface area contributed by atoms with E-state index in [1.807, 2.05) is 20.6 Å². The fraction of sp³-hybridized carbons (Fsp3) is 0.889. The maximum atomic E-state index is 10.5. The smallest absolute Gasteiger partial charge is 0.303 e. The summed E-state index contributed by atoms with van der Waals surface area (Å²) in [7, 11) is 1.00. The van der Waals surface area contributed by atoms with Crippen molar-refractivity contribution in [3.8, 4) is 0 Å². The number of carboxylic acids is 1. The van der Waals surface area contributed by atoms with Gasteiger partial charge in [-0.25, -0.2) is 0 Å². The first kappa shape index (κ1) is 29.2. The Hall–Kier alpha value is -0.900. The molecule has 0 spiro atoms. The van der Waals surface area contributed by atoms with Crippen LogP contribution in [0.4, 0.5) is 0 Å². The van der Waals surface area contributed by atoms with Crippen molar-refractivity contribution in [2.24, 2.45) is 16.2 Å². The zero-order chi connectivity index (χ0) is 19.2. The first-order valence-corrected chi connectivity index (χ1v) is 7.58. The molecule has 0 aliphatic rings. The second-order valence-corrected chi connectivity index (χ2v) is 8.80. The largest absolute Gasteiger partial charge is 0.481 e. The van der Waals surface area contributed by atoms with E-state index >= 15 is 0 Å². The molecule has 0 saturated carbocycles. The number of aliphatic carboxylic acids is 1. The van der Waals surface area contributed by atoms with E-state index in [0.29, 0.717) is 10.8 Å². The lowest BCUT2D eigenvalue weighted by Gasteiger charge is -2.27. The summed E-state index contributed by atoms with van der Waals surface area (Å²) in [6.07, 6.45) is 2.32. The maximum absolute atomic E-state index is 10.5. The van der Waals surface area contributed by atoms with Crippen LogP contribution in [0.15, 0.2) is 0 Å². The Morgan fingerprint density at radius 1 is 0.818 bits per heavy atom. The van der Waals surface area contributed by atoms with Gasteiger partial charge in [-0.05, 0) is 29.1 Å². The Kier molecular flexibility index (Phi) is 18.2. The van der Waals surface area contributed by atoms with Gasteiger partial charge in [0, 0.05) is 7.11 Å². The zero-order valence-corrected chi connectivity index (χ0v) is 16.5. The highest BCUT2D eigenvalue weighted by Crippen LogP contribution is 2.32. The Morgan fingerprint density at radius 3 is 1.27 bits per heavy atom. The summed E-state index contributed by atoms with van der Waals surface area (Å²) in [5.74, 6) is -0.695. The van der Waals surface area contributed by atoms with Crippen LogP contribution in [0, 0.1) is 16.2 Å². The SMILES string of the molecule is C=O.CC(C)(C)C.CC(C)(C)CCC(C)(C)CC(=O)O.CO. The van der Waals surface area contributed by atoms with Gasteiger partial charge in [0.25, 0.3) is 0 Å². The lowest BCUT2D eigenvalue weighted by Crippen LogP contribution is -2.19. The second-order valence-electron chi connectivity index (χ2n) is 8.80. The fourth-order valence-corrected chi connectivity index (χ4v) is 1.21. The zero-order valence-electron chi connectivity index (χ0n) is 16.5. The van der Waals surface area contributed by atoms with Gasteiger partial charge in [0.05, 0.1) is 6.42 Å². The van der Waals surface area contributed by atoms with Crippen LogP contribution in [0.1, 0.15) is 81.6 Å². The first-order valence-electron chi connectivity index (χ1n) is 7.58. The van der Waals surface area contributed by atoms with Crippen LogP contribution in [0.2, 0.25) is 0 Å². The standard InChI is InChI=1S/C11H22O2.C5H12.CH4O.CH2O/c1-10(2,3)6-7-11(4,5)8-9(12)13;1-5(2,3)4;2*1-2/h6-8H2,1-5H3,(H,12,13);1-4H3;2H,1H3;1H2. The molecule has 0 radical (unpaired) electrons. The molecule has 4 nitrogen and oxygen atoms in total. The number of carbonyl (C=O) groups excluding carboxylic acids is 1. The number of carboxylic acid groups (broad SMARTS) is 1. The molecule has 0 aromatic heterocycles. The lowest BCUT2D eigenvalue weighted by atomic mass is 9.78. The van der Waals surface area contributed by atoms with E-state index in [4.69, 9.17) is 15.0 Å². The van der Waals surface area contributed by atoms with E-state index < -0.39 is 5.97 Å². The Morgan fingerprint density at radius 2 is 1.09 bits per heavy atom. The Labute approximate surface area is 138 Å². The number of hydrogen-bond donors (Lipinski definition) is 2.